The van der Waals surface area contributed by atoms with Gasteiger partial charge in [0.2, 0.25) is 0 Å². The molecule has 3 aromatic rings. The van der Waals surface area contributed by atoms with Crippen molar-refractivity contribution in [3.8, 4) is 0 Å². The largest absolute Gasteiger partial charge is 0.416 e. The molecule has 0 fully saturated rings. The van der Waals surface area contributed by atoms with Gasteiger partial charge in [0.15, 0.2) is 0 Å². The number of rotatable bonds is 4. The van der Waals surface area contributed by atoms with Gasteiger partial charge in [0.25, 0.3) is 5.91 Å². The maximum absolute atomic E-state index is 13.1. The zero-order valence-electron chi connectivity index (χ0n) is 17.8. The summed E-state index contributed by atoms with van der Waals surface area (Å²) in [5.41, 5.74) is 2.42. The van der Waals surface area contributed by atoms with Gasteiger partial charge in [-0.1, -0.05) is 36.4 Å². The van der Waals surface area contributed by atoms with Crippen LogP contribution in [-0.4, -0.2) is 18.0 Å². The zero-order valence-corrected chi connectivity index (χ0v) is 17.8. The molecule has 1 aliphatic heterocycles. The molecule has 0 aromatic heterocycles. The smallest absolute Gasteiger partial charge is 0.334 e. The topological polar surface area (TPSA) is 61.4 Å². The highest BCUT2D eigenvalue weighted by Crippen LogP contribution is 2.34. The van der Waals surface area contributed by atoms with Crippen molar-refractivity contribution in [1.29, 1.82) is 0 Å². The molecule has 0 aliphatic carbocycles. The fourth-order valence-corrected chi connectivity index (χ4v) is 3.92. The van der Waals surface area contributed by atoms with Crippen molar-refractivity contribution in [2.75, 3.05) is 10.2 Å². The highest BCUT2D eigenvalue weighted by Gasteiger charge is 2.32. The second-order valence-electron chi connectivity index (χ2n) is 7.94. The van der Waals surface area contributed by atoms with Crippen molar-refractivity contribution >= 4 is 23.3 Å². The van der Waals surface area contributed by atoms with Crippen LogP contribution < -0.4 is 15.5 Å². The predicted molar refractivity (Wildman–Crippen MR) is 120 cm³/mol. The van der Waals surface area contributed by atoms with E-state index in [0.717, 1.165) is 35.4 Å². The number of nitrogens with zero attached hydrogens (tertiary/aromatic N) is 1. The predicted octanol–water partition coefficient (Wildman–Crippen LogP) is 5.62. The number of halogens is 3. The Balaban J connectivity index is 1.44. The van der Waals surface area contributed by atoms with E-state index in [2.05, 4.69) is 10.6 Å². The van der Waals surface area contributed by atoms with Crippen LogP contribution in [-0.2, 0) is 19.1 Å². The molecule has 0 radical (unpaired) electrons. The molecule has 0 saturated heterocycles. The summed E-state index contributed by atoms with van der Waals surface area (Å²) < 4.78 is 38.6. The van der Waals surface area contributed by atoms with E-state index < -0.39 is 17.8 Å². The lowest BCUT2D eigenvalue weighted by Gasteiger charge is -2.23. The Hall–Kier alpha value is -3.81. The fraction of sp³-hybridized carbons (Fsp3) is 0.200. The maximum atomic E-state index is 13.1. The van der Waals surface area contributed by atoms with Crippen LogP contribution >= 0.6 is 0 Å². The maximum Gasteiger partial charge on any atom is 0.416 e. The molecule has 1 aliphatic rings. The minimum absolute atomic E-state index is 0.000114. The number of fused-ring (bicyclic) bond motifs is 1. The van der Waals surface area contributed by atoms with Gasteiger partial charge >= 0.3 is 12.2 Å². The Morgan fingerprint density at radius 3 is 2.48 bits per heavy atom. The monoisotopic (exact) mass is 453 g/mol. The summed E-state index contributed by atoms with van der Waals surface area (Å²) in [5.74, 6) is -0.0887. The standard InChI is InChI=1S/C25H22F3N3O2/c1-16-12-19-11-10-17(13-22(19)31(16)23(32)18-6-3-2-4-7-18)15-29-24(33)30-21-9-5-8-20(14-21)25(26,27)28/h2-11,13-14,16H,12,15H2,1H3,(H2,29,30,33)/t16-/m1/s1. The number of alkyl halides is 3. The van der Waals surface area contributed by atoms with Gasteiger partial charge in [-0.3, -0.25) is 4.79 Å². The van der Waals surface area contributed by atoms with E-state index in [-0.39, 0.29) is 24.2 Å². The summed E-state index contributed by atoms with van der Waals surface area (Å²) in [4.78, 5) is 27.0. The minimum atomic E-state index is -4.49. The summed E-state index contributed by atoms with van der Waals surface area (Å²) in [5, 5.41) is 5.07. The molecule has 0 unspecified atom stereocenters. The van der Waals surface area contributed by atoms with E-state index >= 15 is 0 Å². The second-order valence-corrected chi connectivity index (χ2v) is 7.94. The van der Waals surface area contributed by atoms with E-state index in [0.29, 0.717) is 5.56 Å². The number of hydrogen-bond donors (Lipinski definition) is 2. The first-order chi connectivity index (χ1) is 15.7. The first-order valence-electron chi connectivity index (χ1n) is 10.4. The van der Waals surface area contributed by atoms with E-state index in [1.807, 2.05) is 43.3 Å². The molecule has 170 valence electrons. The molecule has 3 amide bonds. The van der Waals surface area contributed by atoms with Gasteiger partial charge in [0.05, 0.1) is 5.56 Å². The molecule has 33 heavy (non-hydrogen) atoms. The SMILES string of the molecule is C[C@@H]1Cc2ccc(CNC(=O)Nc3cccc(C(F)(F)F)c3)cc2N1C(=O)c1ccccc1. The normalized spacial score (nSPS) is 15.2. The number of carbonyl (C=O) groups excluding carboxylic acids is 2. The number of amides is 3. The number of benzene rings is 3. The van der Waals surface area contributed by atoms with Crippen LogP contribution in [0.4, 0.5) is 29.3 Å². The van der Waals surface area contributed by atoms with Crippen LogP contribution in [0, 0.1) is 0 Å². The molecule has 0 bridgehead atoms. The Kier molecular flexibility index (Phi) is 6.09. The molecule has 2 N–H and O–H groups in total. The van der Waals surface area contributed by atoms with Crippen LogP contribution in [0.1, 0.15) is 34.0 Å². The first kappa shape index (κ1) is 22.4. The van der Waals surface area contributed by atoms with Crippen molar-refractivity contribution in [2.24, 2.45) is 0 Å². The number of nitrogens with one attached hydrogen (secondary N) is 2. The molecular formula is C25H22F3N3O2. The van der Waals surface area contributed by atoms with Crippen LogP contribution in [0.3, 0.4) is 0 Å². The van der Waals surface area contributed by atoms with Crippen molar-refractivity contribution in [3.63, 3.8) is 0 Å². The Labute approximate surface area is 189 Å². The van der Waals surface area contributed by atoms with E-state index in [1.165, 1.54) is 12.1 Å². The van der Waals surface area contributed by atoms with Gasteiger partial charge in [-0.05, 0) is 60.9 Å². The van der Waals surface area contributed by atoms with E-state index in [1.54, 1.807) is 17.0 Å². The van der Waals surface area contributed by atoms with Crippen molar-refractivity contribution < 1.29 is 22.8 Å². The molecule has 4 rings (SSSR count). The minimum Gasteiger partial charge on any atom is -0.334 e. The number of hydrogen-bond acceptors (Lipinski definition) is 2. The molecule has 5 nitrogen and oxygen atoms in total. The van der Waals surface area contributed by atoms with Gasteiger partial charge in [-0.2, -0.15) is 13.2 Å². The number of urea groups is 1. The highest BCUT2D eigenvalue weighted by molar-refractivity contribution is 6.07. The molecule has 0 saturated carbocycles. The zero-order chi connectivity index (χ0) is 23.6. The number of anilines is 2. The van der Waals surface area contributed by atoms with Crippen molar-refractivity contribution in [1.82, 2.24) is 5.32 Å². The molecule has 8 heteroatoms. The lowest BCUT2D eigenvalue weighted by molar-refractivity contribution is -0.137. The van der Waals surface area contributed by atoms with E-state index in [4.69, 9.17) is 0 Å². The molecule has 0 spiro atoms. The number of carbonyl (C=O) groups is 2. The summed E-state index contributed by atoms with van der Waals surface area (Å²) in [7, 11) is 0. The average molecular weight is 453 g/mol. The first-order valence-corrected chi connectivity index (χ1v) is 10.4. The summed E-state index contributed by atoms with van der Waals surface area (Å²) in [6.07, 6.45) is -3.75. The van der Waals surface area contributed by atoms with Gasteiger partial charge in [-0.25, -0.2) is 4.79 Å². The quantitative estimate of drug-likeness (QED) is 0.539. The van der Waals surface area contributed by atoms with Crippen LogP contribution in [0.2, 0.25) is 0 Å². The van der Waals surface area contributed by atoms with E-state index in [9.17, 15) is 22.8 Å². The molecule has 1 atom stereocenters. The third kappa shape index (κ3) is 5.00. The second kappa shape index (κ2) is 8.97. The summed E-state index contributed by atoms with van der Waals surface area (Å²) in [6.45, 7) is 2.14. The van der Waals surface area contributed by atoms with Gasteiger partial charge in [-0.15, -0.1) is 0 Å². The lowest BCUT2D eigenvalue weighted by Crippen LogP contribution is -2.35. The molecule has 3 aromatic carbocycles. The fourth-order valence-electron chi connectivity index (χ4n) is 3.92. The van der Waals surface area contributed by atoms with Gasteiger partial charge in [0.1, 0.15) is 0 Å². The summed E-state index contributed by atoms with van der Waals surface area (Å²) >= 11 is 0. The van der Waals surface area contributed by atoms with Crippen LogP contribution in [0.25, 0.3) is 0 Å². The Bertz CT molecular complexity index is 1180. The average Bonchev–Trinajstić information content (AvgIpc) is 3.12. The molecular weight excluding hydrogens is 431 g/mol. The third-order valence-corrected chi connectivity index (χ3v) is 5.51. The van der Waals surface area contributed by atoms with Crippen molar-refractivity contribution in [2.45, 2.75) is 32.1 Å². The lowest BCUT2D eigenvalue weighted by atomic mass is 10.1. The van der Waals surface area contributed by atoms with Crippen LogP contribution in [0.5, 0.6) is 0 Å². The van der Waals surface area contributed by atoms with Gasteiger partial charge in [0, 0.05) is 29.5 Å². The summed E-state index contributed by atoms with van der Waals surface area (Å²) in [6, 6.07) is 18.5. The van der Waals surface area contributed by atoms with Crippen molar-refractivity contribution in [3.05, 3.63) is 95.1 Å². The third-order valence-electron chi connectivity index (χ3n) is 5.51. The Morgan fingerprint density at radius 1 is 1.00 bits per heavy atom. The van der Waals surface area contributed by atoms with Gasteiger partial charge < -0.3 is 15.5 Å². The highest BCUT2D eigenvalue weighted by atomic mass is 19.4. The Morgan fingerprint density at radius 2 is 1.76 bits per heavy atom. The van der Waals surface area contributed by atoms with Crippen LogP contribution in [0.15, 0.2) is 72.8 Å². The molecule has 1 heterocycles.